The average molecular weight is 392 g/mol. The standard InChI is InChI=1S/C18H21N3O3S2/c1-12(2)21-11-17(18(19-21)16-6-5-9-25-16)26(22,23)20-14-10-13(3)7-8-15(14)24-4/h5-12,20H,1-4H3. The largest absolute Gasteiger partial charge is 0.495 e. The van der Waals surface area contributed by atoms with E-state index in [0.29, 0.717) is 17.1 Å². The molecule has 3 rings (SSSR count). The second-order valence-electron chi connectivity index (χ2n) is 6.20. The number of hydrogen-bond donors (Lipinski definition) is 1. The fraction of sp³-hybridized carbons (Fsp3) is 0.278. The summed E-state index contributed by atoms with van der Waals surface area (Å²) in [6.45, 7) is 5.81. The summed E-state index contributed by atoms with van der Waals surface area (Å²) >= 11 is 1.46. The van der Waals surface area contributed by atoms with E-state index < -0.39 is 10.0 Å². The number of aromatic nitrogens is 2. The fourth-order valence-corrected chi connectivity index (χ4v) is 4.52. The van der Waals surface area contributed by atoms with E-state index in [1.54, 1.807) is 23.0 Å². The molecule has 0 fully saturated rings. The Hall–Kier alpha value is -2.32. The van der Waals surface area contributed by atoms with Crippen molar-refractivity contribution in [3.05, 3.63) is 47.5 Å². The maximum atomic E-state index is 13.1. The first-order valence-corrected chi connectivity index (χ1v) is 10.5. The number of aryl methyl sites for hydroxylation is 1. The number of thiophene rings is 1. The lowest BCUT2D eigenvalue weighted by Crippen LogP contribution is -2.14. The van der Waals surface area contributed by atoms with Crippen LogP contribution in [0.4, 0.5) is 5.69 Å². The number of rotatable bonds is 6. The Morgan fingerprint density at radius 1 is 1.27 bits per heavy atom. The third kappa shape index (κ3) is 3.61. The lowest BCUT2D eigenvalue weighted by Gasteiger charge is -2.12. The quantitative estimate of drug-likeness (QED) is 0.679. The van der Waals surface area contributed by atoms with Crippen molar-refractivity contribution in [1.29, 1.82) is 0 Å². The van der Waals surface area contributed by atoms with Crippen LogP contribution in [0.3, 0.4) is 0 Å². The van der Waals surface area contributed by atoms with Gasteiger partial charge in [0.15, 0.2) is 0 Å². The summed E-state index contributed by atoms with van der Waals surface area (Å²) in [5, 5.41) is 6.40. The van der Waals surface area contributed by atoms with Gasteiger partial charge < -0.3 is 4.74 Å². The Balaban J connectivity index is 2.09. The van der Waals surface area contributed by atoms with Crippen LogP contribution in [0, 0.1) is 6.92 Å². The van der Waals surface area contributed by atoms with E-state index in [1.165, 1.54) is 18.4 Å². The van der Waals surface area contributed by atoms with E-state index in [0.717, 1.165) is 10.4 Å². The Morgan fingerprint density at radius 2 is 2.04 bits per heavy atom. The average Bonchev–Trinajstić information content (AvgIpc) is 3.24. The van der Waals surface area contributed by atoms with Crippen molar-refractivity contribution in [2.45, 2.75) is 31.7 Å². The molecule has 2 heterocycles. The molecule has 0 bridgehead atoms. The van der Waals surface area contributed by atoms with Crippen LogP contribution in [0.25, 0.3) is 10.6 Å². The molecule has 26 heavy (non-hydrogen) atoms. The van der Waals surface area contributed by atoms with Gasteiger partial charge in [0.2, 0.25) is 0 Å². The predicted molar refractivity (Wildman–Crippen MR) is 104 cm³/mol. The molecule has 0 aliphatic rings. The number of nitrogens with zero attached hydrogens (tertiary/aromatic N) is 2. The van der Waals surface area contributed by atoms with Crippen molar-refractivity contribution in [2.75, 3.05) is 11.8 Å². The highest BCUT2D eigenvalue weighted by molar-refractivity contribution is 7.92. The summed E-state index contributed by atoms with van der Waals surface area (Å²) in [6, 6.07) is 9.14. The first-order chi connectivity index (χ1) is 12.3. The molecule has 0 aliphatic heterocycles. The highest BCUT2D eigenvalue weighted by atomic mass is 32.2. The molecule has 1 aromatic carbocycles. The van der Waals surface area contributed by atoms with Gasteiger partial charge in [0.05, 0.1) is 17.7 Å². The van der Waals surface area contributed by atoms with Crippen LogP contribution in [-0.2, 0) is 10.0 Å². The van der Waals surface area contributed by atoms with Crippen LogP contribution in [0.2, 0.25) is 0 Å². The van der Waals surface area contributed by atoms with Crippen molar-refractivity contribution in [3.63, 3.8) is 0 Å². The van der Waals surface area contributed by atoms with E-state index in [-0.39, 0.29) is 10.9 Å². The van der Waals surface area contributed by atoms with E-state index in [9.17, 15) is 8.42 Å². The molecule has 0 saturated carbocycles. The SMILES string of the molecule is COc1ccc(C)cc1NS(=O)(=O)c1cn(C(C)C)nc1-c1cccs1. The summed E-state index contributed by atoms with van der Waals surface area (Å²) in [5.74, 6) is 0.466. The van der Waals surface area contributed by atoms with Crippen LogP contribution in [0.5, 0.6) is 5.75 Å². The van der Waals surface area contributed by atoms with Gasteiger partial charge in [0.25, 0.3) is 10.0 Å². The van der Waals surface area contributed by atoms with E-state index >= 15 is 0 Å². The molecule has 3 aromatic rings. The normalized spacial score (nSPS) is 11.7. The van der Waals surface area contributed by atoms with Crippen LogP contribution in [0.1, 0.15) is 25.5 Å². The molecule has 0 amide bonds. The minimum atomic E-state index is -3.84. The molecule has 0 atom stereocenters. The molecule has 0 unspecified atom stereocenters. The number of anilines is 1. The molecule has 8 heteroatoms. The maximum absolute atomic E-state index is 13.1. The first-order valence-electron chi connectivity index (χ1n) is 8.12. The van der Waals surface area contributed by atoms with Crippen molar-refractivity contribution >= 4 is 27.0 Å². The highest BCUT2D eigenvalue weighted by Crippen LogP contribution is 2.33. The summed E-state index contributed by atoms with van der Waals surface area (Å²) in [7, 11) is -2.33. The van der Waals surface area contributed by atoms with Gasteiger partial charge in [-0.1, -0.05) is 12.1 Å². The third-order valence-electron chi connectivity index (χ3n) is 3.87. The van der Waals surface area contributed by atoms with Crippen molar-refractivity contribution in [2.24, 2.45) is 0 Å². The summed E-state index contributed by atoms with van der Waals surface area (Å²) in [6.07, 6.45) is 1.57. The number of sulfonamides is 1. The van der Waals surface area contributed by atoms with Crippen molar-refractivity contribution < 1.29 is 13.2 Å². The summed E-state index contributed by atoms with van der Waals surface area (Å²) in [4.78, 5) is 0.957. The zero-order valence-electron chi connectivity index (χ0n) is 15.1. The Morgan fingerprint density at radius 3 is 2.65 bits per heavy atom. The number of benzene rings is 1. The van der Waals surface area contributed by atoms with Crippen LogP contribution in [-0.4, -0.2) is 25.3 Å². The topological polar surface area (TPSA) is 73.2 Å². The van der Waals surface area contributed by atoms with Crippen molar-refractivity contribution in [1.82, 2.24) is 9.78 Å². The van der Waals surface area contributed by atoms with Gasteiger partial charge in [0.1, 0.15) is 16.3 Å². The molecule has 0 aliphatic carbocycles. The molecule has 2 aromatic heterocycles. The summed E-state index contributed by atoms with van der Waals surface area (Å²) in [5.41, 5.74) is 1.79. The zero-order valence-corrected chi connectivity index (χ0v) is 16.7. The minimum absolute atomic E-state index is 0.0474. The number of hydrogen-bond acceptors (Lipinski definition) is 5. The third-order valence-corrected chi connectivity index (χ3v) is 6.11. The molecule has 6 nitrogen and oxygen atoms in total. The van der Waals surface area contributed by atoms with Crippen molar-refractivity contribution in [3.8, 4) is 16.3 Å². The predicted octanol–water partition coefficient (Wildman–Crippen LogP) is 4.31. The second kappa shape index (κ2) is 7.13. The fourth-order valence-electron chi connectivity index (χ4n) is 2.52. The first kappa shape index (κ1) is 18.5. The van der Waals surface area contributed by atoms with E-state index in [2.05, 4.69) is 9.82 Å². The summed E-state index contributed by atoms with van der Waals surface area (Å²) < 4.78 is 35.8. The number of nitrogens with one attached hydrogen (secondary N) is 1. The van der Waals surface area contributed by atoms with Crippen LogP contribution in [0.15, 0.2) is 46.8 Å². The van der Waals surface area contributed by atoms with Gasteiger partial charge in [-0.15, -0.1) is 11.3 Å². The van der Waals surface area contributed by atoms with Gasteiger partial charge in [-0.25, -0.2) is 8.42 Å². The van der Waals surface area contributed by atoms with Gasteiger partial charge in [-0.05, 0) is 49.9 Å². The molecular formula is C18H21N3O3S2. The molecule has 0 spiro atoms. The van der Waals surface area contributed by atoms with Gasteiger partial charge in [-0.2, -0.15) is 5.10 Å². The Labute approximate surface area is 157 Å². The lowest BCUT2D eigenvalue weighted by molar-refractivity contribution is 0.417. The monoisotopic (exact) mass is 391 g/mol. The highest BCUT2D eigenvalue weighted by Gasteiger charge is 2.26. The molecule has 138 valence electrons. The van der Waals surface area contributed by atoms with E-state index in [1.807, 2.05) is 44.4 Å². The van der Waals surface area contributed by atoms with Gasteiger partial charge in [0, 0.05) is 12.2 Å². The smallest absolute Gasteiger partial charge is 0.265 e. The molecular weight excluding hydrogens is 370 g/mol. The zero-order chi connectivity index (χ0) is 18.9. The Bertz CT molecular complexity index is 1010. The second-order valence-corrected chi connectivity index (χ2v) is 8.80. The lowest BCUT2D eigenvalue weighted by atomic mass is 10.2. The number of ether oxygens (including phenoxy) is 1. The van der Waals surface area contributed by atoms with E-state index in [4.69, 9.17) is 4.74 Å². The van der Waals surface area contributed by atoms with Crippen LogP contribution < -0.4 is 9.46 Å². The van der Waals surface area contributed by atoms with Gasteiger partial charge in [-0.3, -0.25) is 9.40 Å². The Kier molecular flexibility index (Phi) is 5.06. The number of methoxy groups -OCH3 is 1. The molecule has 1 N–H and O–H groups in total. The molecule has 0 saturated heterocycles. The molecule has 0 radical (unpaired) electrons. The maximum Gasteiger partial charge on any atom is 0.265 e. The van der Waals surface area contributed by atoms with Crippen LogP contribution >= 0.6 is 11.3 Å². The minimum Gasteiger partial charge on any atom is -0.495 e. The van der Waals surface area contributed by atoms with Gasteiger partial charge >= 0.3 is 0 Å².